The molecule has 1 unspecified atom stereocenters. The van der Waals surface area contributed by atoms with Crippen LogP contribution in [0.25, 0.3) is 0 Å². The van der Waals surface area contributed by atoms with Gasteiger partial charge in [-0.05, 0) is 19.1 Å². The molecule has 0 bridgehead atoms. The maximum atomic E-state index is 11.9. The topological polar surface area (TPSA) is 104 Å². The maximum absolute atomic E-state index is 11.9. The molecule has 28 heavy (non-hydrogen) atoms. The Balaban J connectivity index is 1.63. The van der Waals surface area contributed by atoms with E-state index >= 15 is 0 Å². The molecule has 1 amide bonds. The number of nitrogens with two attached hydrogens (primary N) is 1. The van der Waals surface area contributed by atoms with E-state index < -0.39 is 0 Å². The van der Waals surface area contributed by atoms with Gasteiger partial charge in [-0.1, -0.05) is 18.2 Å². The van der Waals surface area contributed by atoms with E-state index in [1.807, 2.05) is 30.3 Å². The summed E-state index contributed by atoms with van der Waals surface area (Å²) in [5, 5.41) is 3.17. The fourth-order valence-electron chi connectivity index (χ4n) is 3.11. The summed E-state index contributed by atoms with van der Waals surface area (Å²) in [6, 6.07) is 9.72. The lowest BCUT2D eigenvalue weighted by atomic mass is 10.2. The lowest BCUT2D eigenvalue weighted by Crippen LogP contribution is -2.50. The second-order valence-electron chi connectivity index (χ2n) is 7.14. The Bertz CT molecular complexity index is 790. The van der Waals surface area contributed by atoms with Crippen LogP contribution in [0.3, 0.4) is 0 Å². The highest BCUT2D eigenvalue weighted by Crippen LogP contribution is 2.21. The number of aromatic nitrogens is 3. The lowest BCUT2D eigenvalue weighted by molar-refractivity contribution is -0.130. The van der Waals surface area contributed by atoms with E-state index in [-0.39, 0.29) is 17.9 Å². The zero-order valence-corrected chi connectivity index (χ0v) is 16.7. The van der Waals surface area contributed by atoms with Crippen molar-refractivity contribution in [3.05, 3.63) is 36.2 Å². The number of amides is 1. The van der Waals surface area contributed by atoms with Crippen LogP contribution >= 0.6 is 0 Å². The van der Waals surface area contributed by atoms with E-state index in [9.17, 15) is 4.79 Å². The SMILES string of the molecule is CC(c1nc(N)nc(Nc2ccccc2)n1)N1CCN(CC(=O)N(C)C)CC1. The molecule has 1 aliphatic heterocycles. The van der Waals surface area contributed by atoms with Gasteiger partial charge in [-0.25, -0.2) is 0 Å². The summed E-state index contributed by atoms with van der Waals surface area (Å²) in [6.45, 7) is 5.88. The molecule has 0 saturated carbocycles. The van der Waals surface area contributed by atoms with Gasteiger partial charge in [0.25, 0.3) is 0 Å². The number of nitrogens with zero attached hydrogens (tertiary/aromatic N) is 6. The molecule has 0 radical (unpaired) electrons. The molecular weight excluding hydrogens is 356 g/mol. The van der Waals surface area contributed by atoms with E-state index in [1.165, 1.54) is 0 Å². The summed E-state index contributed by atoms with van der Waals surface area (Å²) in [7, 11) is 3.57. The molecule has 1 atom stereocenters. The number of carbonyl (C=O) groups excluding carboxylic acids is 1. The number of hydrogen-bond acceptors (Lipinski definition) is 8. The fourth-order valence-corrected chi connectivity index (χ4v) is 3.11. The summed E-state index contributed by atoms with van der Waals surface area (Å²) in [5.74, 6) is 1.41. The highest BCUT2D eigenvalue weighted by molar-refractivity contribution is 5.77. The predicted molar refractivity (Wildman–Crippen MR) is 109 cm³/mol. The van der Waals surface area contributed by atoms with Crippen molar-refractivity contribution in [3.63, 3.8) is 0 Å². The summed E-state index contributed by atoms with van der Waals surface area (Å²) in [4.78, 5) is 31.1. The molecule has 3 N–H and O–H groups in total. The first-order valence-electron chi connectivity index (χ1n) is 9.42. The van der Waals surface area contributed by atoms with Crippen molar-refractivity contribution in [2.45, 2.75) is 13.0 Å². The molecule has 0 aliphatic carbocycles. The minimum atomic E-state index is 0.00771. The Morgan fingerprint density at radius 1 is 1.14 bits per heavy atom. The third-order valence-corrected chi connectivity index (χ3v) is 4.89. The van der Waals surface area contributed by atoms with E-state index in [2.05, 4.69) is 37.0 Å². The number of hydrogen-bond donors (Lipinski definition) is 2. The van der Waals surface area contributed by atoms with E-state index in [0.717, 1.165) is 31.9 Å². The van der Waals surface area contributed by atoms with Crippen molar-refractivity contribution in [1.82, 2.24) is 29.7 Å². The van der Waals surface area contributed by atoms with Crippen molar-refractivity contribution < 1.29 is 4.79 Å². The normalized spacial score (nSPS) is 16.5. The van der Waals surface area contributed by atoms with E-state index in [1.54, 1.807) is 19.0 Å². The molecule has 2 heterocycles. The molecule has 9 heteroatoms. The Kier molecular flexibility index (Phi) is 6.37. The maximum Gasteiger partial charge on any atom is 0.236 e. The van der Waals surface area contributed by atoms with Gasteiger partial charge in [-0.3, -0.25) is 14.6 Å². The summed E-state index contributed by atoms with van der Waals surface area (Å²) in [6.07, 6.45) is 0. The van der Waals surface area contributed by atoms with Gasteiger partial charge in [-0.15, -0.1) is 0 Å². The third kappa shape index (κ3) is 5.14. The zero-order chi connectivity index (χ0) is 20.1. The average molecular weight is 384 g/mol. The standard InChI is InChI=1S/C19H28N8O/c1-14(27-11-9-26(10-12-27)13-16(28)25(2)3)17-22-18(20)24-19(23-17)21-15-7-5-4-6-8-15/h4-8,14H,9-13H2,1-3H3,(H3,20,21,22,23,24). The third-order valence-electron chi connectivity index (χ3n) is 4.89. The van der Waals surface area contributed by atoms with Gasteiger partial charge in [-0.2, -0.15) is 15.0 Å². The molecule has 0 spiro atoms. The van der Waals surface area contributed by atoms with Gasteiger partial charge in [0.1, 0.15) is 0 Å². The minimum Gasteiger partial charge on any atom is -0.368 e. The molecule has 9 nitrogen and oxygen atoms in total. The van der Waals surface area contributed by atoms with Crippen LogP contribution in [0.4, 0.5) is 17.6 Å². The first-order valence-corrected chi connectivity index (χ1v) is 9.42. The quantitative estimate of drug-likeness (QED) is 0.759. The highest BCUT2D eigenvalue weighted by Gasteiger charge is 2.25. The molecule has 1 aromatic heterocycles. The van der Waals surface area contributed by atoms with Crippen LogP contribution in [0.15, 0.2) is 30.3 Å². The molecule has 3 rings (SSSR count). The van der Waals surface area contributed by atoms with Crippen LogP contribution in [0.1, 0.15) is 18.8 Å². The number of para-hydroxylation sites is 1. The second-order valence-corrected chi connectivity index (χ2v) is 7.14. The van der Waals surface area contributed by atoms with Crippen LogP contribution in [0, 0.1) is 0 Å². The van der Waals surface area contributed by atoms with Crippen LogP contribution in [-0.2, 0) is 4.79 Å². The number of rotatable bonds is 6. The predicted octanol–water partition coefficient (Wildman–Crippen LogP) is 0.964. The molecule has 1 aliphatic rings. The Morgan fingerprint density at radius 2 is 1.82 bits per heavy atom. The minimum absolute atomic E-state index is 0.00771. The molecule has 1 aromatic carbocycles. The first kappa shape index (κ1) is 20.0. The smallest absolute Gasteiger partial charge is 0.236 e. The summed E-state index contributed by atoms with van der Waals surface area (Å²) in [5.41, 5.74) is 6.81. The van der Waals surface area contributed by atoms with E-state index in [4.69, 9.17) is 5.73 Å². The largest absolute Gasteiger partial charge is 0.368 e. The van der Waals surface area contributed by atoms with Crippen LogP contribution in [0.5, 0.6) is 0 Å². The van der Waals surface area contributed by atoms with Crippen molar-refractivity contribution in [1.29, 1.82) is 0 Å². The number of nitrogens with one attached hydrogen (secondary N) is 1. The van der Waals surface area contributed by atoms with Gasteiger partial charge in [0, 0.05) is 46.0 Å². The molecule has 1 saturated heterocycles. The Morgan fingerprint density at radius 3 is 2.46 bits per heavy atom. The van der Waals surface area contributed by atoms with Crippen molar-refractivity contribution in [3.8, 4) is 0 Å². The monoisotopic (exact) mass is 384 g/mol. The van der Waals surface area contributed by atoms with Crippen LogP contribution in [-0.4, -0.2) is 82.4 Å². The number of piperazine rings is 1. The average Bonchev–Trinajstić information content (AvgIpc) is 2.68. The highest BCUT2D eigenvalue weighted by atomic mass is 16.2. The molecule has 2 aromatic rings. The lowest BCUT2D eigenvalue weighted by Gasteiger charge is -2.37. The Hall–Kier alpha value is -2.78. The summed E-state index contributed by atoms with van der Waals surface area (Å²) < 4.78 is 0. The number of carbonyl (C=O) groups is 1. The van der Waals surface area contributed by atoms with Crippen molar-refractivity contribution in [2.75, 3.05) is 57.9 Å². The van der Waals surface area contributed by atoms with E-state index in [0.29, 0.717) is 18.3 Å². The fraction of sp³-hybridized carbons (Fsp3) is 0.474. The van der Waals surface area contributed by atoms with Gasteiger partial charge >= 0.3 is 0 Å². The second kappa shape index (κ2) is 8.94. The molecular formula is C19H28N8O. The number of anilines is 3. The van der Waals surface area contributed by atoms with Crippen molar-refractivity contribution >= 4 is 23.5 Å². The zero-order valence-electron chi connectivity index (χ0n) is 16.7. The Labute approximate surface area is 165 Å². The molecule has 1 fully saturated rings. The van der Waals surface area contributed by atoms with Crippen molar-refractivity contribution in [2.24, 2.45) is 0 Å². The summed E-state index contributed by atoms with van der Waals surface area (Å²) >= 11 is 0. The van der Waals surface area contributed by atoms with Gasteiger partial charge in [0.15, 0.2) is 5.82 Å². The van der Waals surface area contributed by atoms with Crippen LogP contribution in [0.2, 0.25) is 0 Å². The van der Waals surface area contributed by atoms with Gasteiger partial charge in [0.05, 0.1) is 12.6 Å². The number of likely N-dealkylation sites (N-methyl/N-ethyl adjacent to an activating group) is 1. The van der Waals surface area contributed by atoms with Gasteiger partial charge in [0.2, 0.25) is 17.8 Å². The van der Waals surface area contributed by atoms with Gasteiger partial charge < -0.3 is 16.0 Å². The first-order chi connectivity index (χ1) is 13.4. The van der Waals surface area contributed by atoms with Crippen LogP contribution < -0.4 is 11.1 Å². The molecule has 150 valence electrons. The number of nitrogen functional groups attached to an aromatic ring is 1. The number of benzene rings is 1.